The Morgan fingerprint density at radius 1 is 1.13 bits per heavy atom. The number of pyridine rings is 2. The van der Waals surface area contributed by atoms with Gasteiger partial charge in [0.15, 0.2) is 11.6 Å². The summed E-state index contributed by atoms with van der Waals surface area (Å²) in [6.45, 7) is 0. The number of aliphatic carboxylic acids is 1. The number of nitrogens with one attached hydrogen (secondary N) is 2. The molecule has 0 aliphatic carbocycles. The fraction of sp³-hybridized carbons (Fsp3) is 0.176. The molecule has 166 valence electrons. The average Bonchev–Trinajstić information content (AvgIpc) is 3.02. The third kappa shape index (κ3) is 6.07. The van der Waals surface area contributed by atoms with Gasteiger partial charge in [-0.1, -0.05) is 12.1 Å². The molecule has 0 spiro atoms. The highest BCUT2D eigenvalue weighted by molar-refractivity contribution is 6.32. The molecule has 1 atom stereocenters. The molecule has 0 aliphatic rings. The number of aromatic amines is 1. The highest BCUT2D eigenvalue weighted by Crippen LogP contribution is 2.32. The van der Waals surface area contributed by atoms with Crippen LogP contribution in [-0.4, -0.2) is 34.2 Å². The summed E-state index contributed by atoms with van der Waals surface area (Å²) >= 11 is 5.98. The van der Waals surface area contributed by atoms with E-state index >= 15 is 0 Å². The van der Waals surface area contributed by atoms with E-state index in [2.05, 4.69) is 9.97 Å². The molecule has 3 aromatic heterocycles. The van der Waals surface area contributed by atoms with E-state index in [0.717, 1.165) is 6.20 Å². The summed E-state index contributed by atoms with van der Waals surface area (Å²) < 4.78 is 72.9. The first-order valence-electron chi connectivity index (χ1n) is 8.06. The number of hydrogen-bond acceptors (Lipinski definition) is 4. The molecule has 3 rings (SSSR count). The van der Waals surface area contributed by atoms with E-state index in [-0.39, 0.29) is 16.5 Å². The molecule has 0 bridgehead atoms. The molecule has 2 N–H and O–H groups in total. The second kappa shape index (κ2) is 9.20. The van der Waals surface area contributed by atoms with Crippen LogP contribution in [-0.2, 0) is 4.79 Å². The van der Waals surface area contributed by atoms with Gasteiger partial charge in [0.2, 0.25) is 5.15 Å². The number of halogens is 7. The number of carboxylic acid groups (broad SMARTS) is 1. The van der Waals surface area contributed by atoms with Crippen molar-refractivity contribution in [3.05, 3.63) is 65.5 Å². The number of aromatic nitrogens is 3. The summed E-state index contributed by atoms with van der Waals surface area (Å²) in [5, 5.41) is 10.9. The monoisotopic (exact) mass is 468 g/mol. The van der Waals surface area contributed by atoms with Gasteiger partial charge < -0.3 is 15.2 Å². The van der Waals surface area contributed by atoms with Gasteiger partial charge >= 0.3 is 24.1 Å². The number of carboxylic acids is 1. The Labute approximate surface area is 174 Å². The fourth-order valence-corrected chi connectivity index (χ4v) is 2.56. The number of H-pyrrole nitrogens is 1. The van der Waals surface area contributed by atoms with E-state index in [1.807, 2.05) is 5.32 Å². The number of hydrogen-bond donors (Lipinski definition) is 2. The normalized spacial score (nSPS) is 12.6. The molecule has 3 heterocycles. The van der Waals surface area contributed by atoms with E-state index < -0.39 is 30.3 Å². The molecular formula is C17H11ClF6N4O3. The van der Waals surface area contributed by atoms with Gasteiger partial charge in [-0.05, 0) is 29.8 Å². The van der Waals surface area contributed by atoms with Crippen LogP contribution < -0.4 is 14.8 Å². The fourth-order valence-electron chi connectivity index (χ4n) is 2.31. The second-order valence-electron chi connectivity index (χ2n) is 5.76. The van der Waals surface area contributed by atoms with Crippen molar-refractivity contribution in [2.24, 2.45) is 0 Å². The van der Waals surface area contributed by atoms with E-state index in [1.54, 1.807) is 18.2 Å². The van der Waals surface area contributed by atoms with Crippen LogP contribution >= 0.6 is 11.6 Å². The van der Waals surface area contributed by atoms with Gasteiger partial charge in [-0.15, -0.1) is 0 Å². The molecule has 0 radical (unpaired) electrons. The van der Waals surface area contributed by atoms with Crippen LogP contribution in [0.5, 0.6) is 0 Å². The third-order valence-corrected chi connectivity index (χ3v) is 3.91. The van der Waals surface area contributed by atoms with Gasteiger partial charge in [-0.3, -0.25) is 9.78 Å². The lowest BCUT2D eigenvalue weighted by atomic mass is 10.1. The highest BCUT2D eigenvalue weighted by Gasteiger charge is 2.43. The predicted molar refractivity (Wildman–Crippen MR) is 90.5 cm³/mol. The second-order valence-corrected chi connectivity index (χ2v) is 6.14. The minimum atomic E-state index is -5.19. The van der Waals surface area contributed by atoms with E-state index in [4.69, 9.17) is 21.5 Å². The molecule has 0 saturated carbocycles. The van der Waals surface area contributed by atoms with Crippen molar-refractivity contribution in [3.63, 3.8) is 0 Å². The van der Waals surface area contributed by atoms with Crippen LogP contribution in [0.25, 0.3) is 5.52 Å². The zero-order chi connectivity index (χ0) is 23.4. The number of alkyl halides is 6. The summed E-state index contributed by atoms with van der Waals surface area (Å²) in [6.07, 6.45) is -5.92. The van der Waals surface area contributed by atoms with Crippen LogP contribution in [0.2, 0.25) is 5.15 Å². The van der Waals surface area contributed by atoms with Crippen LogP contribution in [0.4, 0.5) is 26.3 Å². The van der Waals surface area contributed by atoms with Crippen molar-refractivity contribution in [2.45, 2.75) is 18.4 Å². The number of imidazole rings is 1. The largest absolute Gasteiger partial charge is 0.542 e. The number of carbonyl (C=O) groups is 2. The maximum Gasteiger partial charge on any atom is 0.430 e. The van der Waals surface area contributed by atoms with E-state index in [9.17, 15) is 31.1 Å². The average molecular weight is 469 g/mol. The van der Waals surface area contributed by atoms with Crippen molar-refractivity contribution in [2.75, 3.05) is 0 Å². The molecule has 7 nitrogen and oxygen atoms in total. The molecule has 1 unspecified atom stereocenters. The smallest absolute Gasteiger partial charge is 0.430 e. The Morgan fingerprint density at radius 2 is 1.77 bits per heavy atom. The van der Waals surface area contributed by atoms with E-state index in [1.165, 1.54) is 28.9 Å². The minimum Gasteiger partial charge on any atom is -0.542 e. The maximum absolute atomic E-state index is 13.3. The maximum atomic E-state index is 13.3. The molecule has 0 fully saturated rings. The standard InChI is InChI=1S/C15H10ClF3N4O.C2HF3O2/c16-12-10-5-1-2-7-23(10)13(22-12)14(24)21-11(15(17,18)19)9-4-3-6-20-8-9;3-2(4,5)1(6)7/h1-8,11H,(H,21,24);(H,6,7). The molecule has 14 heteroatoms. The van der Waals surface area contributed by atoms with Gasteiger partial charge in [0.05, 0.1) is 6.20 Å². The molecule has 0 aromatic carbocycles. The molecule has 0 aliphatic heterocycles. The van der Waals surface area contributed by atoms with Crippen LogP contribution in [0.3, 0.4) is 0 Å². The lowest BCUT2D eigenvalue weighted by Gasteiger charge is -2.20. The van der Waals surface area contributed by atoms with Gasteiger partial charge in [0.25, 0.3) is 0 Å². The number of rotatable bonds is 3. The Kier molecular flexibility index (Phi) is 7.10. The number of fused-ring (bicyclic) bond motifs is 1. The molecular weight excluding hydrogens is 458 g/mol. The molecule has 1 amide bonds. The first-order chi connectivity index (χ1) is 14.3. The first kappa shape index (κ1) is 23.9. The van der Waals surface area contributed by atoms with Crippen LogP contribution in [0.1, 0.15) is 22.2 Å². The van der Waals surface area contributed by atoms with Crippen molar-refractivity contribution < 1.29 is 45.4 Å². The summed E-state index contributed by atoms with van der Waals surface area (Å²) in [6, 6.07) is 5.41. The lowest BCUT2D eigenvalue weighted by Crippen LogP contribution is -2.42. The number of nitrogens with zero attached hydrogens (tertiary/aromatic N) is 2. The Balaban J connectivity index is 0.000000423. The van der Waals surface area contributed by atoms with Crippen molar-refractivity contribution in [1.82, 2.24) is 15.3 Å². The van der Waals surface area contributed by atoms with Gasteiger partial charge in [0.1, 0.15) is 5.97 Å². The van der Waals surface area contributed by atoms with Gasteiger partial charge in [0, 0.05) is 18.0 Å². The van der Waals surface area contributed by atoms with Crippen molar-refractivity contribution >= 4 is 29.0 Å². The quantitative estimate of drug-likeness (QED) is 0.454. The van der Waals surface area contributed by atoms with E-state index in [0.29, 0.717) is 5.52 Å². The molecule has 31 heavy (non-hydrogen) atoms. The highest BCUT2D eigenvalue weighted by atomic mass is 35.5. The SMILES string of the molecule is O=C(NC(c1cccnc1)C(F)(F)F)c1[nH]c(Cl)c2cccc[n+]12.O=C([O-])C(F)(F)F. The Hall–Kier alpha value is -3.35. The minimum absolute atomic E-state index is 0.103. The summed E-state index contributed by atoms with van der Waals surface area (Å²) in [5.41, 5.74) is 0.319. The van der Waals surface area contributed by atoms with Crippen LogP contribution in [0, 0.1) is 0 Å². The summed E-state index contributed by atoms with van der Waals surface area (Å²) in [5.74, 6) is -4.05. The summed E-state index contributed by atoms with van der Waals surface area (Å²) in [7, 11) is 0. The Morgan fingerprint density at radius 3 is 2.29 bits per heavy atom. The van der Waals surface area contributed by atoms with Crippen LogP contribution in [0.15, 0.2) is 48.9 Å². The van der Waals surface area contributed by atoms with Gasteiger partial charge in [-0.2, -0.15) is 30.7 Å². The Bertz CT molecular complexity index is 1070. The summed E-state index contributed by atoms with van der Waals surface area (Å²) in [4.78, 5) is 27.4. The van der Waals surface area contributed by atoms with Crippen molar-refractivity contribution in [1.29, 1.82) is 0 Å². The zero-order valence-electron chi connectivity index (χ0n) is 15.0. The molecule has 3 aromatic rings. The number of carbonyl (C=O) groups excluding carboxylic acids is 2. The lowest BCUT2D eigenvalue weighted by molar-refractivity contribution is -0.514. The third-order valence-electron chi connectivity index (χ3n) is 3.62. The first-order valence-corrected chi connectivity index (χ1v) is 8.43. The molecule has 0 saturated heterocycles. The predicted octanol–water partition coefficient (Wildman–Crippen LogP) is 2.13. The van der Waals surface area contributed by atoms with Gasteiger partial charge in [-0.25, -0.2) is 4.98 Å². The number of amides is 1. The topological polar surface area (TPSA) is 102 Å². The zero-order valence-corrected chi connectivity index (χ0v) is 15.7. The van der Waals surface area contributed by atoms with Crippen molar-refractivity contribution in [3.8, 4) is 0 Å².